The Kier molecular flexibility index (Phi) is 8.20. The van der Waals surface area contributed by atoms with Gasteiger partial charge in [-0.25, -0.2) is 9.18 Å². The first-order valence-corrected chi connectivity index (χ1v) is 16.2. The number of benzene rings is 3. The van der Waals surface area contributed by atoms with E-state index >= 15 is 0 Å². The fourth-order valence-electron chi connectivity index (χ4n) is 7.31. The molecule has 244 valence electrons. The lowest BCUT2D eigenvalue weighted by Gasteiger charge is -2.19. The number of pyridine rings is 1. The molecule has 7 rings (SSSR count). The van der Waals surface area contributed by atoms with Crippen molar-refractivity contribution < 1.29 is 28.4 Å². The number of aryl methyl sites for hydroxylation is 3. The molecule has 2 atom stereocenters. The maximum Gasteiger partial charge on any atom is 0.340 e. The number of carbonyl (C=O) groups excluding carboxylic acids is 3. The van der Waals surface area contributed by atoms with Gasteiger partial charge in [-0.05, 0) is 80.0 Å². The van der Waals surface area contributed by atoms with E-state index in [4.69, 9.17) is 9.72 Å². The second-order valence-corrected chi connectivity index (χ2v) is 12.3. The molecule has 3 aliphatic rings. The molecule has 3 heterocycles. The number of hydrogen-bond donors (Lipinski definition) is 1. The maximum atomic E-state index is 13.8. The van der Waals surface area contributed by atoms with Crippen molar-refractivity contribution in [2.24, 2.45) is 0 Å². The van der Waals surface area contributed by atoms with Gasteiger partial charge in [0.05, 0.1) is 46.1 Å². The molecule has 1 fully saturated rings. The Labute approximate surface area is 276 Å². The summed E-state index contributed by atoms with van der Waals surface area (Å²) in [4.78, 5) is 58.9. The van der Waals surface area contributed by atoms with Crippen LogP contribution in [0.15, 0.2) is 66.7 Å². The zero-order chi connectivity index (χ0) is 33.5. The van der Waals surface area contributed by atoms with E-state index in [9.17, 15) is 28.9 Å². The van der Waals surface area contributed by atoms with Crippen molar-refractivity contribution in [1.29, 1.82) is 0 Å². The van der Waals surface area contributed by atoms with Crippen molar-refractivity contribution in [3.05, 3.63) is 127 Å². The zero-order valence-electron chi connectivity index (χ0n) is 26.3. The number of nitrogens with one attached hydrogen (secondary N) is 1. The van der Waals surface area contributed by atoms with Crippen LogP contribution in [0.2, 0.25) is 0 Å². The first-order chi connectivity index (χ1) is 23.2. The Morgan fingerprint density at radius 2 is 1.85 bits per heavy atom. The predicted molar refractivity (Wildman–Crippen MR) is 174 cm³/mol. The van der Waals surface area contributed by atoms with Crippen LogP contribution in [0.4, 0.5) is 10.1 Å². The topological polar surface area (TPSA) is 132 Å². The Morgan fingerprint density at radius 1 is 1.06 bits per heavy atom. The summed E-state index contributed by atoms with van der Waals surface area (Å²) in [5, 5.41) is 15.7. The summed E-state index contributed by atoms with van der Waals surface area (Å²) in [6, 6.07) is 17.7. The van der Waals surface area contributed by atoms with Crippen LogP contribution >= 0.6 is 0 Å². The molecule has 1 N–H and O–H groups in total. The molecule has 1 saturated heterocycles. The fourth-order valence-corrected chi connectivity index (χ4v) is 7.31. The quantitative estimate of drug-likeness (QED) is 0.127. The zero-order valence-corrected chi connectivity index (χ0v) is 26.3. The molecule has 4 aromatic rings. The smallest absolute Gasteiger partial charge is 0.340 e. The van der Waals surface area contributed by atoms with Gasteiger partial charge in [0.2, 0.25) is 5.91 Å². The van der Waals surface area contributed by atoms with Gasteiger partial charge in [-0.2, -0.15) is 0 Å². The molecule has 0 unspecified atom stereocenters. The number of esters is 1. The van der Waals surface area contributed by atoms with Gasteiger partial charge in [0.1, 0.15) is 5.82 Å². The number of rotatable bonds is 9. The highest BCUT2D eigenvalue weighted by Crippen LogP contribution is 2.48. The summed E-state index contributed by atoms with van der Waals surface area (Å²) in [6.45, 7) is 1.88. The lowest BCUT2D eigenvalue weighted by atomic mass is 9.88. The Balaban J connectivity index is 1.34. The number of halogens is 1. The first kappa shape index (κ1) is 31.2. The third kappa shape index (κ3) is 5.59. The van der Waals surface area contributed by atoms with E-state index in [0.29, 0.717) is 36.2 Å². The lowest BCUT2D eigenvalue weighted by Crippen LogP contribution is -2.27. The molecule has 0 spiro atoms. The molecule has 0 saturated carbocycles. The highest BCUT2D eigenvalue weighted by Gasteiger charge is 2.43. The number of fused-ring (bicyclic) bond motifs is 4. The van der Waals surface area contributed by atoms with E-state index in [1.807, 2.05) is 24.3 Å². The second-order valence-electron chi connectivity index (χ2n) is 12.3. The van der Waals surface area contributed by atoms with E-state index in [1.54, 1.807) is 24.0 Å². The van der Waals surface area contributed by atoms with Crippen LogP contribution in [0.25, 0.3) is 11.1 Å². The molecule has 1 aromatic heterocycles. The lowest BCUT2D eigenvalue weighted by molar-refractivity contribution is -0.384. The van der Waals surface area contributed by atoms with Crippen LogP contribution in [0.1, 0.15) is 92.6 Å². The normalized spacial score (nSPS) is 17.5. The number of aromatic nitrogens is 1. The van der Waals surface area contributed by atoms with Crippen molar-refractivity contribution in [1.82, 2.24) is 15.2 Å². The SMILES string of the molecule is CCOC(=O)c1c(CCc2ccc(F)cc2)nc2c(c1-c1ccc(C(=O)N[C@H]3CCc4ccccc43)cc1[N+](=O)[O-])CN1C(=O)CC[C@@H]21. The summed E-state index contributed by atoms with van der Waals surface area (Å²) in [7, 11) is 0. The van der Waals surface area contributed by atoms with Crippen LogP contribution in [0, 0.1) is 15.9 Å². The average molecular weight is 649 g/mol. The summed E-state index contributed by atoms with van der Waals surface area (Å²) < 4.78 is 19.1. The monoisotopic (exact) mass is 648 g/mol. The number of nitro groups is 1. The van der Waals surface area contributed by atoms with Crippen molar-refractivity contribution >= 4 is 23.5 Å². The molecule has 0 bridgehead atoms. The van der Waals surface area contributed by atoms with Gasteiger partial charge in [0.25, 0.3) is 11.6 Å². The number of nitrogens with zero attached hydrogens (tertiary/aromatic N) is 3. The van der Waals surface area contributed by atoms with Crippen molar-refractivity contribution in [2.75, 3.05) is 6.61 Å². The van der Waals surface area contributed by atoms with Gasteiger partial charge < -0.3 is 15.0 Å². The van der Waals surface area contributed by atoms with E-state index in [1.165, 1.54) is 30.3 Å². The molecule has 48 heavy (non-hydrogen) atoms. The number of ether oxygens (including phenoxy) is 1. The van der Waals surface area contributed by atoms with Gasteiger partial charge in [-0.15, -0.1) is 0 Å². The molecular formula is C37H33FN4O6. The first-order valence-electron chi connectivity index (χ1n) is 16.2. The third-order valence-electron chi connectivity index (χ3n) is 9.58. The van der Waals surface area contributed by atoms with Crippen LogP contribution in [0.3, 0.4) is 0 Å². The van der Waals surface area contributed by atoms with E-state index in [-0.39, 0.29) is 71.3 Å². The molecule has 0 radical (unpaired) electrons. The van der Waals surface area contributed by atoms with E-state index in [2.05, 4.69) is 5.32 Å². The predicted octanol–water partition coefficient (Wildman–Crippen LogP) is 6.35. The Hall–Kier alpha value is -5.45. The van der Waals surface area contributed by atoms with Gasteiger partial charge in [-0.3, -0.25) is 24.7 Å². The highest BCUT2D eigenvalue weighted by molar-refractivity contribution is 6.03. The van der Waals surface area contributed by atoms with Crippen LogP contribution < -0.4 is 5.32 Å². The van der Waals surface area contributed by atoms with E-state index in [0.717, 1.165) is 29.5 Å². The highest BCUT2D eigenvalue weighted by atomic mass is 19.1. The molecule has 3 aromatic carbocycles. The number of amides is 2. The molecule has 1 aliphatic carbocycles. The minimum absolute atomic E-state index is 0.0514. The van der Waals surface area contributed by atoms with E-state index < -0.39 is 16.8 Å². The number of carbonyl (C=O) groups is 3. The summed E-state index contributed by atoms with van der Waals surface area (Å²) >= 11 is 0. The minimum atomic E-state index is -0.689. The summed E-state index contributed by atoms with van der Waals surface area (Å²) in [5.41, 5.74) is 4.85. The van der Waals surface area contributed by atoms with Gasteiger partial charge in [-0.1, -0.05) is 36.4 Å². The standard InChI is InChI=1S/C37H33FN4O6/c1-2-48-37(45)34-29(15-9-21-7-12-24(38)13-8-21)39-35-27(20-41-30(35)17-18-32(41)43)33(34)26-14-10-23(19-31(26)42(46)47)36(44)40-28-16-11-22-5-3-4-6-25(22)28/h3-8,10,12-14,19,28,30H,2,9,11,15-18,20H2,1H3,(H,40,44)/t28-,30-/m0/s1. The molecule has 2 aliphatic heterocycles. The second kappa shape index (κ2) is 12.6. The fraction of sp³-hybridized carbons (Fsp3) is 0.297. The van der Waals surface area contributed by atoms with Crippen LogP contribution in [-0.4, -0.2) is 39.2 Å². The molecule has 10 nitrogen and oxygen atoms in total. The minimum Gasteiger partial charge on any atom is -0.462 e. The Bertz CT molecular complexity index is 1980. The molecular weight excluding hydrogens is 615 g/mol. The van der Waals surface area contributed by atoms with Gasteiger partial charge in [0.15, 0.2) is 0 Å². The maximum absolute atomic E-state index is 13.8. The average Bonchev–Trinajstić information content (AvgIpc) is 3.78. The molecule has 2 amide bonds. The third-order valence-corrected chi connectivity index (χ3v) is 9.58. The van der Waals surface area contributed by atoms with Gasteiger partial charge in [0, 0.05) is 35.7 Å². The number of nitro benzene ring substituents is 1. The number of hydrogen-bond acceptors (Lipinski definition) is 7. The largest absolute Gasteiger partial charge is 0.462 e. The van der Waals surface area contributed by atoms with Gasteiger partial charge >= 0.3 is 5.97 Å². The Morgan fingerprint density at radius 3 is 2.62 bits per heavy atom. The molecule has 11 heteroatoms. The van der Waals surface area contributed by atoms with Crippen molar-refractivity contribution in [3.63, 3.8) is 0 Å². The summed E-state index contributed by atoms with van der Waals surface area (Å²) in [5.74, 6) is -1.55. The van der Waals surface area contributed by atoms with Crippen molar-refractivity contribution in [2.45, 2.75) is 64.1 Å². The van der Waals surface area contributed by atoms with Crippen molar-refractivity contribution in [3.8, 4) is 11.1 Å². The summed E-state index contributed by atoms with van der Waals surface area (Å²) in [6.07, 6.45) is 3.14. The van der Waals surface area contributed by atoms with Crippen LogP contribution in [-0.2, 0) is 35.3 Å². The van der Waals surface area contributed by atoms with Crippen LogP contribution in [0.5, 0.6) is 0 Å².